The van der Waals surface area contributed by atoms with E-state index in [9.17, 15) is 14.7 Å². The van der Waals surface area contributed by atoms with E-state index in [1.165, 1.54) is 19.1 Å². The lowest BCUT2D eigenvalue weighted by Gasteiger charge is -2.00. The van der Waals surface area contributed by atoms with E-state index in [4.69, 9.17) is 5.73 Å². The lowest BCUT2D eigenvalue weighted by molar-refractivity contribution is -0.114. The molecule has 0 unspecified atom stereocenters. The molecule has 0 aromatic heterocycles. The van der Waals surface area contributed by atoms with Crippen molar-refractivity contribution in [1.82, 2.24) is 0 Å². The van der Waals surface area contributed by atoms with Gasteiger partial charge in [-0.3, -0.25) is 9.59 Å². The molecule has 0 aliphatic carbocycles. The molecule has 5 nitrogen and oxygen atoms in total. The van der Waals surface area contributed by atoms with Crippen LogP contribution in [0.15, 0.2) is 23.0 Å². The SMILES string of the molecule is CC(=O)Nc1cc(N)ccc(=O)c1O. The predicted octanol–water partition coefficient (Wildman–Crippen LogP) is 0.293. The molecule has 1 amide bonds. The molecule has 0 bridgehead atoms. The quantitative estimate of drug-likeness (QED) is 0.599. The maximum Gasteiger partial charge on any atom is 0.222 e. The molecule has 74 valence electrons. The number of nitrogen functional groups attached to an aromatic ring is 1. The average molecular weight is 194 g/mol. The summed E-state index contributed by atoms with van der Waals surface area (Å²) in [5, 5.41) is 11.7. The lowest BCUT2D eigenvalue weighted by Crippen LogP contribution is -2.07. The summed E-state index contributed by atoms with van der Waals surface area (Å²) >= 11 is 0. The van der Waals surface area contributed by atoms with Crippen molar-refractivity contribution in [3.8, 4) is 5.75 Å². The van der Waals surface area contributed by atoms with Gasteiger partial charge in [-0.1, -0.05) is 0 Å². The van der Waals surface area contributed by atoms with Gasteiger partial charge in [0.2, 0.25) is 11.3 Å². The van der Waals surface area contributed by atoms with Gasteiger partial charge in [0.1, 0.15) is 0 Å². The van der Waals surface area contributed by atoms with Crippen LogP contribution in [0.5, 0.6) is 5.75 Å². The van der Waals surface area contributed by atoms with Crippen LogP contribution in [0.2, 0.25) is 0 Å². The number of aromatic hydroxyl groups is 1. The Balaban J connectivity index is 3.35. The van der Waals surface area contributed by atoms with Crippen LogP contribution in [0.3, 0.4) is 0 Å². The van der Waals surface area contributed by atoms with E-state index in [0.29, 0.717) is 0 Å². The van der Waals surface area contributed by atoms with Crippen molar-refractivity contribution in [2.75, 3.05) is 11.1 Å². The topological polar surface area (TPSA) is 92.4 Å². The smallest absolute Gasteiger partial charge is 0.222 e. The van der Waals surface area contributed by atoms with Gasteiger partial charge in [0.25, 0.3) is 0 Å². The Hall–Kier alpha value is -2.04. The summed E-state index contributed by atoms with van der Waals surface area (Å²) in [6.07, 6.45) is 0. The van der Waals surface area contributed by atoms with Crippen LogP contribution in [0, 0.1) is 0 Å². The van der Waals surface area contributed by atoms with Crippen molar-refractivity contribution < 1.29 is 9.90 Å². The zero-order chi connectivity index (χ0) is 10.7. The van der Waals surface area contributed by atoms with Crippen LogP contribution < -0.4 is 16.5 Å². The molecular weight excluding hydrogens is 184 g/mol. The van der Waals surface area contributed by atoms with E-state index >= 15 is 0 Å². The van der Waals surface area contributed by atoms with Gasteiger partial charge >= 0.3 is 0 Å². The van der Waals surface area contributed by atoms with Crippen LogP contribution in [-0.4, -0.2) is 11.0 Å². The Bertz CT molecular complexity index is 429. The van der Waals surface area contributed by atoms with E-state index in [0.717, 1.165) is 6.07 Å². The lowest BCUT2D eigenvalue weighted by atomic mass is 10.3. The highest BCUT2D eigenvalue weighted by Gasteiger charge is 2.05. The molecule has 0 radical (unpaired) electrons. The molecule has 4 N–H and O–H groups in total. The Morgan fingerprint density at radius 3 is 2.71 bits per heavy atom. The Morgan fingerprint density at radius 2 is 2.14 bits per heavy atom. The van der Waals surface area contributed by atoms with Gasteiger partial charge in [-0.2, -0.15) is 0 Å². The predicted molar refractivity (Wildman–Crippen MR) is 53.1 cm³/mol. The fourth-order valence-corrected chi connectivity index (χ4v) is 0.952. The molecule has 1 aromatic rings. The molecule has 1 rings (SSSR count). The second kappa shape index (κ2) is 3.78. The molecule has 0 saturated heterocycles. The minimum Gasteiger partial charge on any atom is -0.503 e. The van der Waals surface area contributed by atoms with Gasteiger partial charge in [-0.25, -0.2) is 0 Å². The molecule has 0 atom stereocenters. The summed E-state index contributed by atoms with van der Waals surface area (Å²) in [4.78, 5) is 21.8. The van der Waals surface area contributed by atoms with Crippen LogP contribution in [0.25, 0.3) is 0 Å². The zero-order valence-electron chi connectivity index (χ0n) is 7.57. The zero-order valence-corrected chi connectivity index (χ0v) is 7.57. The van der Waals surface area contributed by atoms with Crippen molar-refractivity contribution >= 4 is 17.3 Å². The first-order valence-corrected chi connectivity index (χ1v) is 3.91. The number of anilines is 2. The van der Waals surface area contributed by atoms with E-state index in [1.54, 1.807) is 0 Å². The first kappa shape index (κ1) is 10.0. The van der Waals surface area contributed by atoms with Crippen molar-refractivity contribution in [2.45, 2.75) is 6.92 Å². The molecule has 0 aliphatic rings. The number of rotatable bonds is 1. The monoisotopic (exact) mass is 194 g/mol. The Labute approximate surface area is 80.2 Å². The maximum atomic E-state index is 11.1. The third-order valence-corrected chi connectivity index (χ3v) is 1.54. The van der Waals surface area contributed by atoms with Gasteiger partial charge < -0.3 is 16.2 Å². The second-order valence-corrected chi connectivity index (χ2v) is 2.79. The van der Waals surface area contributed by atoms with Crippen molar-refractivity contribution in [3.63, 3.8) is 0 Å². The molecular formula is C9H10N2O3. The first-order valence-electron chi connectivity index (χ1n) is 3.91. The molecule has 0 saturated carbocycles. The third kappa shape index (κ3) is 2.22. The number of nitrogens with one attached hydrogen (secondary N) is 1. The molecule has 0 fully saturated rings. The fourth-order valence-electron chi connectivity index (χ4n) is 0.952. The fraction of sp³-hybridized carbons (Fsp3) is 0.111. The highest BCUT2D eigenvalue weighted by molar-refractivity contribution is 5.90. The average Bonchev–Trinajstić information content (AvgIpc) is 2.19. The third-order valence-electron chi connectivity index (χ3n) is 1.54. The summed E-state index contributed by atoms with van der Waals surface area (Å²) in [5.41, 5.74) is 5.16. The molecule has 0 heterocycles. The minimum atomic E-state index is -0.592. The highest BCUT2D eigenvalue weighted by Crippen LogP contribution is 2.19. The summed E-state index contributed by atoms with van der Waals surface area (Å²) in [6, 6.07) is 3.81. The van der Waals surface area contributed by atoms with Crippen LogP contribution in [-0.2, 0) is 4.79 Å². The normalized spacial score (nSPS) is 9.50. The number of hydrogen-bond donors (Lipinski definition) is 3. The van der Waals surface area contributed by atoms with Gasteiger partial charge in [0.15, 0.2) is 5.75 Å². The Morgan fingerprint density at radius 1 is 1.50 bits per heavy atom. The van der Waals surface area contributed by atoms with E-state index in [2.05, 4.69) is 5.32 Å². The summed E-state index contributed by atoms with van der Waals surface area (Å²) in [6.45, 7) is 1.27. The van der Waals surface area contributed by atoms with Gasteiger partial charge in [-0.15, -0.1) is 0 Å². The summed E-state index contributed by atoms with van der Waals surface area (Å²) in [5.74, 6) is -0.901. The first-order chi connectivity index (χ1) is 6.50. The number of carbonyl (C=O) groups is 1. The number of hydrogen-bond acceptors (Lipinski definition) is 4. The summed E-state index contributed by atoms with van der Waals surface area (Å²) in [7, 11) is 0. The second-order valence-electron chi connectivity index (χ2n) is 2.79. The van der Waals surface area contributed by atoms with Gasteiger partial charge in [0.05, 0.1) is 5.69 Å². The van der Waals surface area contributed by atoms with Gasteiger partial charge in [0, 0.05) is 12.6 Å². The van der Waals surface area contributed by atoms with E-state index in [1.807, 2.05) is 0 Å². The standard InChI is InChI=1S/C9H10N2O3/c1-5(12)11-7-4-6(10)2-3-8(13)9(7)14/h2-4H,10H2,1H3,(H2,11,12,13,14). The van der Waals surface area contributed by atoms with E-state index in [-0.39, 0.29) is 17.3 Å². The Kier molecular flexibility index (Phi) is 2.71. The van der Waals surface area contributed by atoms with Crippen molar-refractivity contribution in [2.24, 2.45) is 0 Å². The molecule has 0 spiro atoms. The van der Waals surface area contributed by atoms with Crippen molar-refractivity contribution in [1.29, 1.82) is 0 Å². The summed E-state index contributed by atoms with van der Waals surface area (Å²) < 4.78 is 0. The number of nitrogens with two attached hydrogens (primary N) is 1. The van der Waals surface area contributed by atoms with Crippen LogP contribution >= 0.6 is 0 Å². The molecule has 1 aromatic carbocycles. The number of carbonyl (C=O) groups excluding carboxylic acids is 1. The number of amides is 1. The minimum absolute atomic E-state index is 0.0185. The van der Waals surface area contributed by atoms with E-state index < -0.39 is 11.2 Å². The molecule has 0 aliphatic heterocycles. The van der Waals surface area contributed by atoms with Crippen LogP contribution in [0.1, 0.15) is 6.92 Å². The highest BCUT2D eigenvalue weighted by atomic mass is 16.3. The molecule has 5 heteroatoms. The van der Waals surface area contributed by atoms with Crippen LogP contribution in [0.4, 0.5) is 11.4 Å². The molecule has 14 heavy (non-hydrogen) atoms. The van der Waals surface area contributed by atoms with Crippen molar-refractivity contribution in [3.05, 3.63) is 28.4 Å². The largest absolute Gasteiger partial charge is 0.503 e. The maximum absolute atomic E-state index is 11.1. The van der Waals surface area contributed by atoms with Gasteiger partial charge in [-0.05, 0) is 18.2 Å².